The van der Waals surface area contributed by atoms with Gasteiger partial charge in [0.1, 0.15) is 0 Å². The lowest BCUT2D eigenvalue weighted by Crippen LogP contribution is -1.89. The molecule has 1 heteroatoms. The highest BCUT2D eigenvalue weighted by Gasteiger charge is 2.07. The van der Waals surface area contributed by atoms with E-state index in [1.165, 1.54) is 0 Å². The Morgan fingerprint density at radius 3 is 1.59 bits per heavy atom. The topological polar surface area (TPSA) is 0 Å². The highest BCUT2D eigenvalue weighted by molar-refractivity contribution is 6.35. The average Bonchev–Trinajstić information content (AvgIpc) is 2.41. The molecule has 0 aliphatic carbocycles. The number of rotatable bonds is 3. The van der Waals surface area contributed by atoms with Gasteiger partial charge in [-0.1, -0.05) is 84.9 Å². The molecule has 2 rings (SSSR count). The summed E-state index contributed by atoms with van der Waals surface area (Å²) in [6, 6.07) is 20.2. The minimum atomic E-state index is 0.669. The molecule has 0 amide bonds. The summed E-state index contributed by atoms with van der Waals surface area (Å²) < 4.78 is 0. The normalized spacial score (nSPS) is 9.71. The zero-order valence-corrected chi connectivity index (χ0v) is 10.2. The van der Waals surface area contributed by atoms with Gasteiger partial charge in [0.25, 0.3) is 0 Å². The molecule has 2 aromatic rings. The molecule has 0 bridgehead atoms. The summed E-state index contributed by atoms with van der Waals surface area (Å²) in [5, 5.41) is 0.669. The number of hydrogen-bond donors (Lipinski definition) is 0. The Kier molecular flexibility index (Phi) is 3.79. The maximum Gasteiger partial charge on any atom is 0.0484 e. The van der Waals surface area contributed by atoms with E-state index in [9.17, 15) is 0 Å². The van der Waals surface area contributed by atoms with Crippen molar-refractivity contribution in [3.63, 3.8) is 0 Å². The van der Waals surface area contributed by atoms with Crippen LogP contribution in [-0.2, 0) is 0 Å². The molecule has 17 heavy (non-hydrogen) atoms. The SMILES string of the molecule is C=CC(Cl)=C(c1ccccc1)c1ccccc1. The van der Waals surface area contributed by atoms with Crippen LogP contribution in [0.5, 0.6) is 0 Å². The molecule has 0 fully saturated rings. The van der Waals surface area contributed by atoms with E-state index >= 15 is 0 Å². The smallest absolute Gasteiger partial charge is 0.0484 e. The minimum Gasteiger partial charge on any atom is -0.0976 e. The molecule has 0 heterocycles. The van der Waals surface area contributed by atoms with Crippen molar-refractivity contribution in [3.8, 4) is 0 Å². The van der Waals surface area contributed by atoms with Gasteiger partial charge in [-0.2, -0.15) is 0 Å². The van der Waals surface area contributed by atoms with Crippen LogP contribution in [-0.4, -0.2) is 0 Å². The molecule has 0 N–H and O–H groups in total. The summed E-state index contributed by atoms with van der Waals surface area (Å²) in [5.74, 6) is 0. The molecule has 0 nitrogen and oxygen atoms in total. The molecule has 0 radical (unpaired) electrons. The summed E-state index contributed by atoms with van der Waals surface area (Å²) in [6.45, 7) is 3.74. The molecular formula is C16H13Cl. The van der Waals surface area contributed by atoms with E-state index in [1.54, 1.807) is 6.08 Å². The van der Waals surface area contributed by atoms with Gasteiger partial charge in [0, 0.05) is 10.6 Å². The van der Waals surface area contributed by atoms with Crippen molar-refractivity contribution in [2.45, 2.75) is 0 Å². The quantitative estimate of drug-likeness (QED) is 0.672. The summed E-state index contributed by atoms with van der Waals surface area (Å²) in [7, 11) is 0. The van der Waals surface area contributed by atoms with Gasteiger partial charge in [0.2, 0.25) is 0 Å². The molecule has 0 aliphatic heterocycles. The van der Waals surface area contributed by atoms with Crippen molar-refractivity contribution in [2.75, 3.05) is 0 Å². The van der Waals surface area contributed by atoms with Crippen molar-refractivity contribution in [3.05, 3.63) is 89.5 Å². The van der Waals surface area contributed by atoms with Gasteiger partial charge in [0.15, 0.2) is 0 Å². The number of allylic oxidation sites excluding steroid dienone is 2. The van der Waals surface area contributed by atoms with Crippen LogP contribution in [0, 0.1) is 0 Å². The Bertz CT molecular complexity index is 482. The lowest BCUT2D eigenvalue weighted by Gasteiger charge is -2.09. The van der Waals surface area contributed by atoms with Gasteiger partial charge >= 0.3 is 0 Å². The molecular weight excluding hydrogens is 228 g/mol. The third-order valence-corrected chi connectivity index (χ3v) is 2.89. The van der Waals surface area contributed by atoms with Gasteiger partial charge in [-0.25, -0.2) is 0 Å². The van der Waals surface area contributed by atoms with Crippen LogP contribution in [0.3, 0.4) is 0 Å². The van der Waals surface area contributed by atoms with E-state index in [4.69, 9.17) is 11.6 Å². The van der Waals surface area contributed by atoms with Crippen molar-refractivity contribution in [1.82, 2.24) is 0 Å². The average molecular weight is 241 g/mol. The first-order chi connectivity index (χ1) is 8.33. The second-order valence-electron chi connectivity index (χ2n) is 3.66. The van der Waals surface area contributed by atoms with E-state index in [1.807, 2.05) is 60.7 Å². The molecule has 0 saturated heterocycles. The fourth-order valence-corrected chi connectivity index (χ4v) is 1.97. The molecule has 2 aromatic carbocycles. The van der Waals surface area contributed by atoms with Crippen LogP contribution in [0.1, 0.15) is 11.1 Å². The zero-order valence-electron chi connectivity index (χ0n) is 9.44. The highest BCUT2D eigenvalue weighted by atomic mass is 35.5. The van der Waals surface area contributed by atoms with Crippen LogP contribution in [0.2, 0.25) is 0 Å². The van der Waals surface area contributed by atoms with Crippen molar-refractivity contribution in [2.24, 2.45) is 0 Å². The fraction of sp³-hybridized carbons (Fsp3) is 0. The molecule has 0 spiro atoms. The molecule has 0 aliphatic rings. The maximum atomic E-state index is 6.26. The Morgan fingerprint density at radius 2 is 1.24 bits per heavy atom. The van der Waals surface area contributed by atoms with Crippen molar-refractivity contribution in [1.29, 1.82) is 0 Å². The molecule has 84 valence electrons. The summed E-state index contributed by atoms with van der Waals surface area (Å²) in [5.41, 5.74) is 3.22. The van der Waals surface area contributed by atoms with Crippen LogP contribution in [0.25, 0.3) is 5.57 Å². The Balaban J connectivity index is 2.60. The van der Waals surface area contributed by atoms with Crippen LogP contribution in [0.4, 0.5) is 0 Å². The second-order valence-corrected chi connectivity index (χ2v) is 4.07. The Hall–Kier alpha value is -1.79. The third kappa shape index (κ3) is 2.66. The lowest BCUT2D eigenvalue weighted by molar-refractivity contribution is 1.54. The Labute approximate surface area is 107 Å². The standard InChI is InChI=1S/C16H13Cl/c1-2-15(17)16(13-9-5-3-6-10-13)14-11-7-4-8-12-14/h2-12H,1H2. The second kappa shape index (κ2) is 5.51. The summed E-state index contributed by atoms with van der Waals surface area (Å²) in [6.07, 6.45) is 1.68. The molecule has 0 aromatic heterocycles. The van der Waals surface area contributed by atoms with Crippen LogP contribution in [0.15, 0.2) is 78.4 Å². The first kappa shape index (κ1) is 11.7. The molecule has 0 unspecified atom stereocenters. The van der Waals surface area contributed by atoms with Crippen molar-refractivity contribution < 1.29 is 0 Å². The predicted octanol–water partition coefficient (Wildman–Crippen LogP) is 4.87. The number of hydrogen-bond acceptors (Lipinski definition) is 0. The zero-order chi connectivity index (χ0) is 12.1. The van der Waals surface area contributed by atoms with E-state index in [0.717, 1.165) is 16.7 Å². The van der Waals surface area contributed by atoms with Gasteiger partial charge in [0.05, 0.1) is 0 Å². The van der Waals surface area contributed by atoms with Crippen LogP contribution < -0.4 is 0 Å². The summed E-state index contributed by atoms with van der Waals surface area (Å²) in [4.78, 5) is 0. The van der Waals surface area contributed by atoms with E-state index < -0.39 is 0 Å². The fourth-order valence-electron chi connectivity index (χ4n) is 1.75. The summed E-state index contributed by atoms with van der Waals surface area (Å²) >= 11 is 6.26. The van der Waals surface area contributed by atoms with E-state index in [-0.39, 0.29) is 0 Å². The van der Waals surface area contributed by atoms with Crippen molar-refractivity contribution >= 4 is 17.2 Å². The number of halogens is 1. The van der Waals surface area contributed by atoms with Gasteiger partial charge in [-0.15, -0.1) is 0 Å². The van der Waals surface area contributed by atoms with Gasteiger partial charge < -0.3 is 0 Å². The molecule has 0 atom stereocenters. The third-order valence-electron chi connectivity index (χ3n) is 2.54. The predicted molar refractivity (Wildman–Crippen MR) is 75.0 cm³/mol. The van der Waals surface area contributed by atoms with Gasteiger partial charge in [-0.3, -0.25) is 0 Å². The van der Waals surface area contributed by atoms with Crippen LogP contribution >= 0.6 is 11.6 Å². The van der Waals surface area contributed by atoms with E-state index in [0.29, 0.717) is 5.03 Å². The maximum absolute atomic E-state index is 6.26. The minimum absolute atomic E-state index is 0.669. The lowest BCUT2D eigenvalue weighted by atomic mass is 9.97. The largest absolute Gasteiger partial charge is 0.0976 e. The molecule has 0 saturated carbocycles. The highest BCUT2D eigenvalue weighted by Crippen LogP contribution is 2.28. The number of benzene rings is 2. The Morgan fingerprint density at radius 1 is 0.824 bits per heavy atom. The van der Waals surface area contributed by atoms with E-state index in [2.05, 4.69) is 6.58 Å². The first-order valence-corrected chi connectivity index (χ1v) is 5.84. The van der Waals surface area contributed by atoms with Gasteiger partial charge in [-0.05, 0) is 11.1 Å². The first-order valence-electron chi connectivity index (χ1n) is 5.46. The monoisotopic (exact) mass is 240 g/mol.